The normalized spacial score (nSPS) is 6.17. The zero-order chi connectivity index (χ0) is 8.57. The molecule has 0 atom stereocenters. The van der Waals surface area contributed by atoms with Gasteiger partial charge < -0.3 is 19.8 Å². The molecule has 0 N–H and O–H groups in total. The fourth-order valence-electron chi connectivity index (χ4n) is 0. The maximum absolute atomic E-state index is 9.12. The van der Waals surface area contributed by atoms with E-state index >= 15 is 0 Å². The number of aliphatic carboxylic acids is 2. The molecule has 0 unspecified atom stereocenters. The molecule has 0 aromatic heterocycles. The van der Waals surface area contributed by atoms with Gasteiger partial charge in [-0.2, -0.15) is 0 Å². The zero-order valence-electron chi connectivity index (χ0n) is 6.80. The molecule has 0 radical (unpaired) electrons. The predicted molar refractivity (Wildman–Crippen MR) is 31.5 cm³/mol. The summed E-state index contributed by atoms with van der Waals surface area (Å²) < 4.78 is 0. The van der Waals surface area contributed by atoms with Gasteiger partial charge >= 0.3 is 80.9 Å². The van der Waals surface area contributed by atoms with Gasteiger partial charge in [0.05, 0.1) is 23.7 Å². The first-order valence-corrected chi connectivity index (χ1v) is 3.13. The molecule has 60 valence electrons. The van der Waals surface area contributed by atoms with Crippen LogP contribution in [0.3, 0.4) is 0 Å². The first-order valence-electron chi connectivity index (χ1n) is 2.06. The van der Waals surface area contributed by atoms with Crippen molar-refractivity contribution in [2.45, 2.75) is 0 Å². The Kier molecular flexibility index (Phi) is 37.3. The van der Waals surface area contributed by atoms with Crippen LogP contribution in [0, 0.1) is 0 Å². The van der Waals surface area contributed by atoms with Gasteiger partial charge in [-0.05, 0) is 0 Å². The molecule has 0 rings (SSSR count). The first-order chi connectivity index (χ1) is 4.54. The van der Waals surface area contributed by atoms with Crippen LogP contribution < -0.4 is 91.2 Å². The van der Waals surface area contributed by atoms with Gasteiger partial charge in [-0.3, -0.25) is 0 Å². The van der Waals surface area contributed by atoms with Crippen LogP contribution in [0.25, 0.3) is 0 Å². The maximum Gasteiger partial charge on any atom is 1.00 e. The number of carbonyl (C=O) groups excluding carboxylic acids is 2. The minimum absolute atomic E-state index is 0. The van der Waals surface area contributed by atoms with Crippen LogP contribution in [-0.2, 0) is 9.59 Å². The topological polar surface area (TPSA) is 80.3 Å². The summed E-state index contributed by atoms with van der Waals surface area (Å²) in [7, 11) is 0. The van der Waals surface area contributed by atoms with Crippen molar-refractivity contribution in [3.05, 3.63) is 0 Å². The van der Waals surface area contributed by atoms with E-state index in [1.807, 2.05) is 0 Å². The van der Waals surface area contributed by atoms with Crippen molar-refractivity contribution in [2.24, 2.45) is 0 Å². The van der Waals surface area contributed by atoms with E-state index < -0.39 is 23.7 Å². The summed E-state index contributed by atoms with van der Waals surface area (Å²) in [6.07, 6.45) is 0. The molecule has 0 spiro atoms. The second-order valence-corrected chi connectivity index (χ2v) is 1.55. The van der Waals surface area contributed by atoms with Crippen molar-refractivity contribution >= 4 is 35.1 Å². The minimum Gasteiger partial charge on any atom is -0.549 e. The van der Waals surface area contributed by atoms with Gasteiger partial charge in [-0.1, -0.05) is 0 Å². The molecular weight excluding hydrogens is 245 g/mol. The number of hydrogen-bond donors (Lipinski definition) is 0. The van der Waals surface area contributed by atoms with E-state index in [0.717, 1.165) is 0 Å². The smallest absolute Gasteiger partial charge is 0.549 e. The van der Waals surface area contributed by atoms with Crippen LogP contribution in [-0.4, -0.2) is 23.7 Å². The van der Waals surface area contributed by atoms with E-state index in [1.165, 1.54) is 0 Å². The van der Waals surface area contributed by atoms with Crippen LogP contribution in [0.5, 0.6) is 0 Å². The Morgan fingerprint density at radius 2 is 1.08 bits per heavy atom. The Hall–Kier alpha value is 2.16. The Morgan fingerprint density at radius 1 is 1.00 bits per heavy atom. The van der Waals surface area contributed by atoms with Crippen LogP contribution in [0.2, 0.25) is 0 Å². The molecule has 4 nitrogen and oxygen atoms in total. The summed E-state index contributed by atoms with van der Waals surface area (Å²) >= 11 is 9.35. The third-order valence-corrected chi connectivity index (χ3v) is 0.655. The second-order valence-electron chi connectivity index (χ2n) is 1.01. The van der Waals surface area contributed by atoms with Gasteiger partial charge in [0.15, 0.2) is 0 Å². The monoisotopic (exact) mass is 248 g/mol. The summed E-state index contributed by atoms with van der Waals surface area (Å²) in [6, 6.07) is 0. The second kappa shape index (κ2) is 18.8. The zero-order valence-corrected chi connectivity index (χ0v) is 13.4. The molecule has 8 heteroatoms. The largest absolute Gasteiger partial charge is 1.00 e. The van der Waals surface area contributed by atoms with E-state index in [1.54, 1.807) is 0 Å². The molecule has 0 bridgehead atoms. The molecule has 0 aromatic rings. The molecule has 0 aliphatic rings. The van der Waals surface area contributed by atoms with Crippen molar-refractivity contribution in [3.63, 3.8) is 0 Å². The predicted octanol–water partition coefficient (Wildman–Crippen LogP) is -8.04. The molecule has 0 aliphatic heterocycles. The van der Waals surface area contributed by atoms with Gasteiger partial charge in [0.25, 0.3) is 0 Å². The van der Waals surface area contributed by atoms with Crippen LogP contribution >= 0.6 is 23.2 Å². The number of alkyl halides is 2. The van der Waals surface area contributed by atoms with E-state index in [-0.39, 0.29) is 80.9 Å². The molecule has 0 amide bonds. The van der Waals surface area contributed by atoms with Crippen molar-refractivity contribution in [2.75, 3.05) is 11.8 Å². The summed E-state index contributed by atoms with van der Waals surface area (Å²) in [4.78, 5) is 18.2. The SMILES string of the molecule is O=C([O-])CCl.O=C([O-])CCl.[K+].[Na+]. The van der Waals surface area contributed by atoms with Gasteiger partial charge in [0.2, 0.25) is 0 Å². The summed E-state index contributed by atoms with van der Waals surface area (Å²) in [6.45, 7) is 0. The number of hydrogen-bond acceptors (Lipinski definition) is 4. The average Bonchev–Trinajstić information content (AvgIpc) is 1.89. The summed E-state index contributed by atoms with van der Waals surface area (Å²) in [5, 5.41) is 18.2. The van der Waals surface area contributed by atoms with Crippen molar-refractivity contribution < 1.29 is 101 Å². The average molecular weight is 249 g/mol. The third kappa shape index (κ3) is 39.9. The Labute approximate surface area is 145 Å². The Balaban J connectivity index is -0.0000000457. The van der Waals surface area contributed by atoms with E-state index in [9.17, 15) is 0 Å². The molecule has 0 aromatic carbocycles. The molecular formula is C4H4Cl2KNaO4. The van der Waals surface area contributed by atoms with Gasteiger partial charge in [-0.25, -0.2) is 0 Å². The number of rotatable bonds is 2. The van der Waals surface area contributed by atoms with Crippen LogP contribution in [0.4, 0.5) is 0 Å². The quantitative estimate of drug-likeness (QED) is 0.359. The number of halogens is 2. The van der Waals surface area contributed by atoms with E-state index in [0.29, 0.717) is 0 Å². The first kappa shape index (κ1) is 23.8. The van der Waals surface area contributed by atoms with Gasteiger partial charge in [0, 0.05) is 0 Å². The molecule has 0 heterocycles. The Morgan fingerprint density at radius 3 is 1.08 bits per heavy atom. The standard InChI is InChI=1S/2C2H3ClO2.K.Na/c2*3-1-2(4)5;;/h2*1H2,(H,4,5);;/q;;2*+1/p-2. The number of carbonyl (C=O) groups is 2. The van der Waals surface area contributed by atoms with Gasteiger partial charge in [0.1, 0.15) is 0 Å². The Bertz CT molecular complexity index is 110. The summed E-state index contributed by atoms with van der Waals surface area (Å²) in [5.41, 5.74) is 0. The van der Waals surface area contributed by atoms with Crippen molar-refractivity contribution in [1.82, 2.24) is 0 Å². The molecule has 0 saturated heterocycles. The molecule has 0 saturated carbocycles. The number of carboxylic acids is 2. The third-order valence-electron chi connectivity index (χ3n) is 0.218. The van der Waals surface area contributed by atoms with E-state index in [4.69, 9.17) is 19.8 Å². The minimum atomic E-state index is -1.23. The van der Waals surface area contributed by atoms with E-state index in [2.05, 4.69) is 23.2 Å². The van der Waals surface area contributed by atoms with Crippen molar-refractivity contribution in [3.8, 4) is 0 Å². The molecule has 0 aliphatic carbocycles. The maximum atomic E-state index is 9.12. The molecule has 12 heavy (non-hydrogen) atoms. The fraction of sp³-hybridized carbons (Fsp3) is 0.500. The van der Waals surface area contributed by atoms with Crippen LogP contribution in [0.1, 0.15) is 0 Å². The van der Waals surface area contributed by atoms with Gasteiger partial charge in [-0.15, -0.1) is 23.2 Å². The molecule has 0 fully saturated rings. The van der Waals surface area contributed by atoms with Crippen molar-refractivity contribution in [1.29, 1.82) is 0 Å². The van der Waals surface area contributed by atoms with Crippen LogP contribution in [0.15, 0.2) is 0 Å². The number of carboxylic acid groups (broad SMARTS) is 2. The summed E-state index contributed by atoms with van der Waals surface area (Å²) in [5.74, 6) is -3.29. The fourth-order valence-corrected chi connectivity index (χ4v) is 0.